The summed E-state index contributed by atoms with van der Waals surface area (Å²) in [7, 11) is 12.3. The van der Waals surface area contributed by atoms with E-state index in [1.54, 1.807) is 0 Å². The molecule has 0 fully saturated rings. The van der Waals surface area contributed by atoms with Gasteiger partial charge < -0.3 is 28.8 Å². The van der Waals surface area contributed by atoms with Crippen molar-refractivity contribution in [3.63, 3.8) is 0 Å². The van der Waals surface area contributed by atoms with Crippen molar-refractivity contribution in [3.05, 3.63) is 35.1 Å². The Balaban J connectivity index is -0.0000000243. The molecule has 0 aromatic heterocycles. The van der Waals surface area contributed by atoms with Crippen LogP contribution in [-0.2, 0) is 168 Å². The van der Waals surface area contributed by atoms with Crippen LogP contribution in [0.5, 0.6) is 0 Å². The molecule has 0 aromatic carbocycles. The summed E-state index contributed by atoms with van der Waals surface area (Å²) in [6.07, 6.45) is 1.33. The van der Waals surface area contributed by atoms with Crippen molar-refractivity contribution in [1.82, 2.24) is 10.2 Å². The fraction of sp³-hybridized carbons (Fsp3) is 0.800. The number of ether oxygens (including phenoxy) is 1. The Labute approximate surface area is 339 Å². The van der Waals surface area contributed by atoms with Gasteiger partial charge in [-0.25, -0.2) is 7.11 Å². The van der Waals surface area contributed by atoms with Gasteiger partial charge in [0, 0.05) is 170 Å². The van der Waals surface area contributed by atoms with Gasteiger partial charge in [0.25, 0.3) is 0 Å². The SMILES string of the molecule is [CH2-]C(C)(C)C(C)C.[CH2-]CC(C)C.[CH2-]N(C)C(C)C.[CH2-]NC(C)C.[CH2-]OC(C)C.[Y].[Y].[Y].[Y].[Y]. The fourth-order valence-corrected chi connectivity index (χ4v) is 0. The summed E-state index contributed by atoms with van der Waals surface area (Å²) in [5, 5.41) is 2.78. The van der Waals surface area contributed by atoms with E-state index in [9.17, 15) is 0 Å². The average molecular weight is 846 g/mol. The van der Waals surface area contributed by atoms with E-state index >= 15 is 0 Å². The molecule has 0 aliphatic rings. The van der Waals surface area contributed by atoms with Crippen LogP contribution >= 0.6 is 0 Å². The molecule has 0 unspecified atom stereocenters. The standard InChI is InChI=1S/C7H15.C5H12N.C5H11.C4H10N.C4H9O.5Y/c1-6(2)7(3,4)5;1-5(2)6(3)4;1-4-5(2)3;2*1-4(2)5-3;;;;;/h6H,3H2,1-2,4-5H3;5H,3H2,1-2,4H3;5H,1,4H2,2-3H3;4-5H,3H2,1-2H3;4H,3H2,1-2H3;;;;;/q5*-1;;;;;. The number of rotatable bonds is 5. The van der Waals surface area contributed by atoms with Crippen molar-refractivity contribution in [3.8, 4) is 0 Å². The van der Waals surface area contributed by atoms with Crippen LogP contribution in [0.2, 0.25) is 0 Å². The second kappa shape index (κ2) is 47.2. The molecule has 0 bridgehead atoms. The smallest absolute Gasteiger partial charge is 0.0170 e. The second-order valence-electron chi connectivity index (χ2n) is 9.25. The van der Waals surface area contributed by atoms with E-state index in [-0.39, 0.29) is 175 Å². The summed E-state index contributed by atoms with van der Waals surface area (Å²) in [4.78, 5) is 1.92. The molecule has 0 atom stereocenters. The maximum Gasteiger partial charge on any atom is 0.0170 e. The van der Waals surface area contributed by atoms with Gasteiger partial charge in [0.15, 0.2) is 0 Å². The van der Waals surface area contributed by atoms with Gasteiger partial charge >= 0.3 is 0 Å². The summed E-state index contributed by atoms with van der Waals surface area (Å²) in [5.41, 5.74) is 0.250. The predicted molar refractivity (Wildman–Crippen MR) is 132 cm³/mol. The summed E-state index contributed by atoms with van der Waals surface area (Å²) in [6, 6.07) is 1.10. The first-order valence-electron chi connectivity index (χ1n) is 10.5. The predicted octanol–water partition coefficient (Wildman–Crippen LogP) is 7.45. The van der Waals surface area contributed by atoms with Gasteiger partial charge in [0.2, 0.25) is 0 Å². The average Bonchev–Trinajstić information content (AvgIpc) is 2.55. The van der Waals surface area contributed by atoms with Crippen LogP contribution in [0.4, 0.5) is 0 Å². The molecule has 8 heteroatoms. The first kappa shape index (κ1) is 66.6. The van der Waals surface area contributed by atoms with Gasteiger partial charge in [-0.2, -0.15) is 11.8 Å². The van der Waals surface area contributed by atoms with Crippen LogP contribution in [-0.4, -0.2) is 30.1 Å². The van der Waals surface area contributed by atoms with Gasteiger partial charge in [-0.15, -0.1) is 0 Å². The van der Waals surface area contributed by atoms with Crippen molar-refractivity contribution in [1.29, 1.82) is 0 Å². The van der Waals surface area contributed by atoms with Crippen LogP contribution in [0.3, 0.4) is 0 Å². The molecule has 0 heterocycles. The molecule has 3 nitrogen and oxygen atoms in total. The number of hydrogen-bond donors (Lipinski definition) is 1. The molecule has 0 amide bonds. The minimum absolute atomic E-state index is 0. The van der Waals surface area contributed by atoms with Crippen LogP contribution in [0.1, 0.15) is 89.5 Å². The minimum atomic E-state index is 0. The van der Waals surface area contributed by atoms with Gasteiger partial charge in [-0.05, 0) is 33.0 Å². The Hall–Kier alpha value is 5.40. The Morgan fingerprint density at radius 3 is 0.970 bits per heavy atom. The van der Waals surface area contributed by atoms with Gasteiger partial charge in [-0.3, -0.25) is 14.1 Å². The van der Waals surface area contributed by atoms with Crippen molar-refractivity contribution >= 4 is 0 Å². The van der Waals surface area contributed by atoms with Crippen molar-refractivity contribution in [2.24, 2.45) is 17.3 Å². The molecule has 0 saturated carbocycles. The third-order valence-corrected chi connectivity index (χ3v) is 3.76. The Bertz CT molecular complexity index is 247. The molecule has 0 saturated heterocycles. The first-order valence-corrected chi connectivity index (χ1v) is 10.5. The summed E-state index contributed by atoms with van der Waals surface area (Å²) in [6.45, 7) is 32.8. The molecule has 0 aromatic rings. The molecule has 33 heavy (non-hydrogen) atoms. The molecular formula is C25H57N2OY5-5. The van der Waals surface area contributed by atoms with Crippen LogP contribution < -0.4 is 5.32 Å². The Morgan fingerprint density at radius 1 is 0.818 bits per heavy atom. The van der Waals surface area contributed by atoms with Crippen LogP contribution in [0.25, 0.3) is 0 Å². The van der Waals surface area contributed by atoms with Gasteiger partial charge in [0.05, 0.1) is 0 Å². The van der Waals surface area contributed by atoms with Crippen LogP contribution in [0, 0.1) is 52.3 Å². The second-order valence-corrected chi connectivity index (χ2v) is 9.25. The van der Waals surface area contributed by atoms with E-state index in [2.05, 4.69) is 100 Å². The topological polar surface area (TPSA) is 24.5 Å². The van der Waals surface area contributed by atoms with Crippen molar-refractivity contribution in [2.45, 2.75) is 108 Å². The number of nitrogens with zero attached hydrogens (tertiary/aromatic N) is 1. The largest absolute Gasteiger partial charge is 0.553 e. The zero-order valence-corrected chi connectivity index (χ0v) is 39.1. The maximum atomic E-state index is 4.50. The maximum absolute atomic E-state index is 4.50. The van der Waals surface area contributed by atoms with Gasteiger partial charge in [0.1, 0.15) is 0 Å². The molecule has 193 valence electrons. The Morgan fingerprint density at radius 2 is 0.970 bits per heavy atom. The zero-order chi connectivity index (χ0) is 24.1. The van der Waals surface area contributed by atoms with E-state index in [1.165, 1.54) is 0 Å². The monoisotopic (exact) mass is 846 g/mol. The number of hydrogen-bond acceptors (Lipinski definition) is 3. The van der Waals surface area contributed by atoms with Crippen LogP contribution in [0.15, 0.2) is 0 Å². The van der Waals surface area contributed by atoms with E-state index in [1.807, 2.05) is 39.6 Å². The quantitative estimate of drug-likeness (QED) is 0.292. The molecule has 0 aliphatic carbocycles. The molecule has 0 rings (SSSR count). The molecule has 0 spiro atoms. The molecule has 0 aliphatic heterocycles. The molecular weight excluding hydrogens is 789 g/mol. The fourth-order valence-electron chi connectivity index (χ4n) is 0. The van der Waals surface area contributed by atoms with Crippen molar-refractivity contribution in [2.75, 3.05) is 7.05 Å². The first-order chi connectivity index (χ1) is 12.4. The van der Waals surface area contributed by atoms with E-state index in [0.717, 1.165) is 12.3 Å². The van der Waals surface area contributed by atoms with Crippen molar-refractivity contribution < 1.29 is 168 Å². The third kappa shape index (κ3) is 102. The minimum Gasteiger partial charge on any atom is -0.553 e. The molecule has 1 N–H and O–H groups in total. The Kier molecular flexibility index (Phi) is 95.3. The van der Waals surface area contributed by atoms with E-state index < -0.39 is 0 Å². The van der Waals surface area contributed by atoms with E-state index in [0.29, 0.717) is 18.0 Å². The molecule has 5 radical (unpaired) electrons. The van der Waals surface area contributed by atoms with Gasteiger partial charge in [-0.1, -0.05) is 81.1 Å². The summed E-state index contributed by atoms with van der Waals surface area (Å²) < 4.78 is 4.50. The third-order valence-electron chi connectivity index (χ3n) is 3.76. The zero-order valence-electron chi connectivity index (χ0n) is 24.9. The summed E-state index contributed by atoms with van der Waals surface area (Å²) in [5.74, 6) is 1.46. The number of nitrogens with one attached hydrogen (secondary N) is 1. The summed E-state index contributed by atoms with van der Waals surface area (Å²) >= 11 is 0. The van der Waals surface area contributed by atoms with E-state index in [4.69, 9.17) is 0 Å². The normalized spacial score (nSPS) is 9.09.